The Morgan fingerprint density at radius 1 is 1.09 bits per heavy atom. The van der Waals surface area contributed by atoms with Crippen LogP contribution >= 0.6 is 0 Å². The van der Waals surface area contributed by atoms with Crippen LogP contribution in [-0.4, -0.2) is 24.3 Å². The molecule has 0 radical (unpaired) electrons. The van der Waals surface area contributed by atoms with Gasteiger partial charge in [0, 0.05) is 36.2 Å². The van der Waals surface area contributed by atoms with Crippen molar-refractivity contribution < 1.29 is 0 Å². The number of pyridine rings is 1. The summed E-state index contributed by atoms with van der Waals surface area (Å²) >= 11 is 0. The van der Waals surface area contributed by atoms with Crippen molar-refractivity contribution in [3.63, 3.8) is 0 Å². The highest BCUT2D eigenvalue weighted by Gasteiger charge is 2.10. The summed E-state index contributed by atoms with van der Waals surface area (Å²) in [5, 5.41) is 5.40. The van der Waals surface area contributed by atoms with E-state index in [2.05, 4.69) is 33.3 Å². The first-order valence-corrected chi connectivity index (χ1v) is 7.12. The van der Waals surface area contributed by atoms with Crippen LogP contribution in [0.1, 0.15) is 5.69 Å². The van der Waals surface area contributed by atoms with E-state index in [1.807, 2.05) is 53.8 Å². The van der Waals surface area contributed by atoms with Gasteiger partial charge in [-0.2, -0.15) is 5.10 Å². The first-order valence-electron chi connectivity index (χ1n) is 7.12. The highest BCUT2D eigenvalue weighted by atomic mass is 15.2. The van der Waals surface area contributed by atoms with E-state index in [0.29, 0.717) is 0 Å². The molecule has 4 rings (SSSR count). The minimum atomic E-state index is 0.840. The Bertz CT molecular complexity index is 964. The van der Waals surface area contributed by atoms with E-state index in [1.165, 1.54) is 0 Å². The summed E-state index contributed by atoms with van der Waals surface area (Å²) < 4.78 is 3.92. The molecule has 22 heavy (non-hydrogen) atoms. The normalized spacial score (nSPS) is 11.2. The molecule has 0 aliphatic heterocycles. The Kier molecular flexibility index (Phi) is 2.79. The lowest BCUT2D eigenvalue weighted by Gasteiger charge is -2.08. The number of aryl methyl sites for hydroxylation is 2. The molecule has 0 unspecified atom stereocenters. The Hall–Kier alpha value is -2.95. The van der Waals surface area contributed by atoms with E-state index in [1.54, 1.807) is 6.20 Å². The summed E-state index contributed by atoms with van der Waals surface area (Å²) in [6.45, 7) is 1.98. The predicted octanol–water partition coefficient (Wildman–Crippen LogP) is 3.13. The van der Waals surface area contributed by atoms with Crippen LogP contribution in [0.3, 0.4) is 0 Å². The van der Waals surface area contributed by atoms with Crippen LogP contribution < -0.4 is 0 Å². The van der Waals surface area contributed by atoms with Gasteiger partial charge in [-0.05, 0) is 37.3 Å². The monoisotopic (exact) mass is 289 g/mol. The molecule has 4 aromatic rings. The lowest BCUT2D eigenvalue weighted by atomic mass is 10.2. The Morgan fingerprint density at radius 3 is 2.86 bits per heavy atom. The molecule has 0 fully saturated rings. The molecule has 0 N–H and O–H groups in total. The number of hydrogen-bond donors (Lipinski definition) is 0. The Morgan fingerprint density at radius 2 is 2.00 bits per heavy atom. The van der Waals surface area contributed by atoms with Gasteiger partial charge < -0.3 is 0 Å². The minimum Gasteiger partial charge on any atom is -0.298 e. The van der Waals surface area contributed by atoms with Gasteiger partial charge in [-0.1, -0.05) is 6.07 Å². The van der Waals surface area contributed by atoms with Crippen LogP contribution in [0.15, 0.2) is 55.0 Å². The van der Waals surface area contributed by atoms with Crippen molar-refractivity contribution >= 4 is 10.9 Å². The van der Waals surface area contributed by atoms with Gasteiger partial charge in [-0.25, -0.2) is 9.97 Å². The number of hydrogen-bond acceptors (Lipinski definition) is 3. The fraction of sp³-hybridized carbons (Fsp3) is 0.118. The van der Waals surface area contributed by atoms with Crippen molar-refractivity contribution in [2.24, 2.45) is 7.05 Å². The number of benzene rings is 1. The molecular weight excluding hydrogens is 274 g/mol. The number of nitrogens with zero attached hydrogens (tertiary/aromatic N) is 5. The van der Waals surface area contributed by atoms with E-state index in [-0.39, 0.29) is 0 Å². The van der Waals surface area contributed by atoms with Crippen molar-refractivity contribution in [2.45, 2.75) is 6.92 Å². The largest absolute Gasteiger partial charge is 0.298 e. The summed E-state index contributed by atoms with van der Waals surface area (Å²) in [7, 11) is 1.95. The number of aromatic nitrogens is 5. The molecule has 1 aromatic carbocycles. The molecule has 3 heterocycles. The maximum Gasteiger partial charge on any atom is 0.163 e. The average Bonchev–Trinajstić information content (AvgIpc) is 3.14. The van der Waals surface area contributed by atoms with E-state index in [0.717, 1.165) is 33.8 Å². The zero-order chi connectivity index (χ0) is 15.1. The molecule has 108 valence electrons. The number of rotatable bonds is 2. The summed E-state index contributed by atoms with van der Waals surface area (Å²) in [6, 6.07) is 12.2. The Labute approximate surface area is 127 Å². The molecule has 5 nitrogen and oxygen atoms in total. The first kappa shape index (κ1) is 12.8. The van der Waals surface area contributed by atoms with Crippen LogP contribution in [0.2, 0.25) is 0 Å². The second kappa shape index (κ2) is 4.80. The minimum absolute atomic E-state index is 0.840. The van der Waals surface area contributed by atoms with Crippen LogP contribution in [0.5, 0.6) is 0 Å². The fourth-order valence-electron chi connectivity index (χ4n) is 2.67. The van der Waals surface area contributed by atoms with Crippen LogP contribution in [0.25, 0.3) is 28.1 Å². The third-order valence-electron chi connectivity index (χ3n) is 3.77. The van der Waals surface area contributed by atoms with E-state index < -0.39 is 0 Å². The quantitative estimate of drug-likeness (QED) is 0.569. The fourth-order valence-corrected chi connectivity index (χ4v) is 2.67. The van der Waals surface area contributed by atoms with Gasteiger partial charge in [0.2, 0.25) is 0 Å². The lowest BCUT2D eigenvalue weighted by Crippen LogP contribution is -1.98. The second-order valence-corrected chi connectivity index (χ2v) is 5.30. The highest BCUT2D eigenvalue weighted by molar-refractivity contribution is 5.81. The molecule has 0 aliphatic carbocycles. The SMILES string of the molecule is Cc1cccc(-c2nccn2-c2ccc3c(cnn3C)c2)n1. The van der Waals surface area contributed by atoms with Crippen molar-refractivity contribution in [3.8, 4) is 17.2 Å². The Balaban J connectivity index is 1.87. The third-order valence-corrected chi connectivity index (χ3v) is 3.77. The number of imidazole rings is 1. The summed E-state index contributed by atoms with van der Waals surface area (Å²) in [5.41, 5.74) is 4.02. The molecule has 0 spiro atoms. The van der Waals surface area contributed by atoms with Crippen molar-refractivity contribution in [1.82, 2.24) is 24.3 Å². The average molecular weight is 289 g/mol. The highest BCUT2D eigenvalue weighted by Crippen LogP contribution is 2.23. The third kappa shape index (κ3) is 1.98. The smallest absolute Gasteiger partial charge is 0.163 e. The molecule has 0 saturated heterocycles. The summed E-state index contributed by atoms with van der Waals surface area (Å²) in [4.78, 5) is 9.04. The zero-order valence-corrected chi connectivity index (χ0v) is 12.4. The van der Waals surface area contributed by atoms with Crippen LogP contribution in [0, 0.1) is 6.92 Å². The first-order chi connectivity index (χ1) is 10.7. The predicted molar refractivity (Wildman–Crippen MR) is 85.8 cm³/mol. The van der Waals surface area contributed by atoms with E-state index >= 15 is 0 Å². The molecule has 0 bridgehead atoms. The maximum atomic E-state index is 4.57. The standard InChI is InChI=1S/C17H15N5/c1-12-4-3-5-15(20-12)17-18-8-9-22(17)14-6-7-16-13(10-14)11-19-21(16)2/h3-11H,1-2H3. The van der Waals surface area contributed by atoms with E-state index in [4.69, 9.17) is 0 Å². The van der Waals surface area contributed by atoms with Crippen LogP contribution in [0.4, 0.5) is 0 Å². The summed E-state index contributed by atoms with van der Waals surface area (Å²) in [5.74, 6) is 0.840. The van der Waals surface area contributed by atoms with Gasteiger partial charge in [-0.15, -0.1) is 0 Å². The molecule has 0 amide bonds. The molecule has 0 aliphatic rings. The molecule has 0 saturated carbocycles. The summed E-state index contributed by atoms with van der Waals surface area (Å²) in [6.07, 6.45) is 5.63. The van der Waals surface area contributed by atoms with Gasteiger partial charge in [0.25, 0.3) is 0 Å². The second-order valence-electron chi connectivity index (χ2n) is 5.30. The molecule has 0 atom stereocenters. The van der Waals surface area contributed by atoms with Gasteiger partial charge in [0.1, 0.15) is 5.69 Å². The van der Waals surface area contributed by atoms with Crippen LogP contribution in [-0.2, 0) is 7.05 Å². The molecule has 5 heteroatoms. The van der Waals surface area contributed by atoms with Gasteiger partial charge in [0.15, 0.2) is 5.82 Å². The van der Waals surface area contributed by atoms with E-state index in [9.17, 15) is 0 Å². The van der Waals surface area contributed by atoms with Crippen molar-refractivity contribution in [2.75, 3.05) is 0 Å². The maximum absolute atomic E-state index is 4.57. The van der Waals surface area contributed by atoms with Gasteiger partial charge >= 0.3 is 0 Å². The van der Waals surface area contributed by atoms with Crippen molar-refractivity contribution in [3.05, 3.63) is 60.7 Å². The van der Waals surface area contributed by atoms with Gasteiger partial charge in [0.05, 0.1) is 11.7 Å². The molecular formula is C17H15N5. The lowest BCUT2D eigenvalue weighted by molar-refractivity contribution is 0.797. The number of fused-ring (bicyclic) bond motifs is 1. The topological polar surface area (TPSA) is 48.5 Å². The zero-order valence-electron chi connectivity index (χ0n) is 12.4. The van der Waals surface area contributed by atoms with Crippen molar-refractivity contribution in [1.29, 1.82) is 0 Å². The molecule has 3 aromatic heterocycles. The van der Waals surface area contributed by atoms with Gasteiger partial charge in [-0.3, -0.25) is 9.25 Å².